The van der Waals surface area contributed by atoms with E-state index in [0.29, 0.717) is 22.7 Å². The first-order valence-electron chi connectivity index (χ1n) is 9.27. The number of aliphatic hydroxyl groups is 1. The molecule has 2 saturated heterocycles. The van der Waals surface area contributed by atoms with E-state index in [9.17, 15) is 9.59 Å². The standard InChI is InChI=1S/C9H14O3.C7H9IO2.C2H6O.H2N.Na.H2O/c1-2-11-9(10)6-3-4-7-8(5-6)12-7;8-5-2-1-4-3-6(5)10-7(4)9;1-2-3;;;/h6-8H,2-5H2,1H3;4-6H,1-3H2;3H,2H2,1H3;1H2;;1H2/q;;;-1;+1;/p-1/t6-,7+,8-;4-,5-,6-;;;;/m11..../s1. The maximum Gasteiger partial charge on any atom is 1.00 e. The van der Waals surface area contributed by atoms with Gasteiger partial charge in [-0.05, 0) is 52.4 Å². The average molecular weight is 524 g/mol. The van der Waals surface area contributed by atoms with Gasteiger partial charge in [0.25, 0.3) is 0 Å². The molecule has 2 heterocycles. The quantitative estimate of drug-likeness (QED) is 0.178. The minimum atomic E-state index is -0.0357. The van der Waals surface area contributed by atoms with Crippen molar-refractivity contribution in [3.63, 3.8) is 0 Å². The first-order chi connectivity index (χ1) is 12.0. The third kappa shape index (κ3) is 9.11. The molecule has 4 fully saturated rings. The van der Waals surface area contributed by atoms with Gasteiger partial charge in [-0.2, -0.15) is 0 Å². The number of carbonyl (C=O) groups is 2. The maximum absolute atomic E-state index is 11.3. The molecule has 28 heavy (non-hydrogen) atoms. The summed E-state index contributed by atoms with van der Waals surface area (Å²) in [6.07, 6.45) is 7.12. The molecule has 2 aliphatic heterocycles. The second kappa shape index (κ2) is 15.3. The molecule has 2 bridgehead atoms. The van der Waals surface area contributed by atoms with Crippen LogP contribution in [0.4, 0.5) is 0 Å². The van der Waals surface area contributed by atoms with Crippen molar-refractivity contribution in [2.24, 2.45) is 11.8 Å². The van der Waals surface area contributed by atoms with Crippen LogP contribution in [0.2, 0.25) is 0 Å². The number of esters is 2. The first-order valence-corrected chi connectivity index (χ1v) is 10.5. The predicted octanol–water partition coefficient (Wildman–Crippen LogP) is 0.175. The van der Waals surface area contributed by atoms with Crippen molar-refractivity contribution >= 4 is 34.5 Å². The zero-order chi connectivity index (χ0) is 18.4. The van der Waals surface area contributed by atoms with E-state index >= 15 is 0 Å². The molecule has 0 radical (unpaired) electrons. The summed E-state index contributed by atoms with van der Waals surface area (Å²) in [4.78, 5) is 22.3. The molecular weight excluding hydrogens is 492 g/mol. The Hall–Kier alpha value is 0.510. The van der Waals surface area contributed by atoms with E-state index in [4.69, 9.17) is 19.3 Å². The Morgan fingerprint density at radius 2 is 1.79 bits per heavy atom. The fourth-order valence-corrected chi connectivity index (χ4v) is 4.35. The van der Waals surface area contributed by atoms with Crippen LogP contribution >= 0.6 is 22.6 Å². The van der Waals surface area contributed by atoms with Crippen LogP contribution in [0.1, 0.15) is 52.4 Å². The molecule has 4 aliphatic rings. The summed E-state index contributed by atoms with van der Waals surface area (Å²) in [6, 6.07) is 0. The first kappa shape index (κ1) is 30.7. The molecule has 10 heteroatoms. The number of alkyl halides is 1. The van der Waals surface area contributed by atoms with E-state index in [0.717, 1.165) is 38.5 Å². The average Bonchev–Trinajstić information content (AvgIpc) is 3.30. The summed E-state index contributed by atoms with van der Waals surface area (Å²) in [6.45, 7) is 4.27. The van der Waals surface area contributed by atoms with Crippen LogP contribution in [-0.4, -0.2) is 58.0 Å². The molecule has 2 aliphatic carbocycles. The van der Waals surface area contributed by atoms with Gasteiger partial charge in [-0.15, -0.1) is 0 Å². The largest absolute Gasteiger partial charge is 1.00 e. The summed E-state index contributed by atoms with van der Waals surface area (Å²) < 4.78 is 16.0. The van der Waals surface area contributed by atoms with Gasteiger partial charge in [0.05, 0.1) is 30.7 Å². The smallest absolute Gasteiger partial charge is 0.870 e. The Bertz CT molecular complexity index is 471. The molecule has 160 valence electrons. The van der Waals surface area contributed by atoms with Crippen LogP contribution in [0, 0.1) is 11.8 Å². The fraction of sp³-hybridized carbons (Fsp3) is 0.889. The molecule has 0 aromatic carbocycles. The molecule has 0 unspecified atom stereocenters. The number of hydrogen-bond acceptors (Lipinski definition) is 7. The topological polar surface area (TPSA) is 149 Å². The van der Waals surface area contributed by atoms with E-state index < -0.39 is 0 Å². The van der Waals surface area contributed by atoms with E-state index in [1.165, 1.54) is 0 Å². The third-order valence-corrected chi connectivity index (χ3v) is 6.36. The summed E-state index contributed by atoms with van der Waals surface area (Å²) in [7, 11) is 0. The molecule has 0 amide bonds. The molecule has 6 atom stereocenters. The van der Waals surface area contributed by atoms with Crippen LogP contribution in [0.25, 0.3) is 6.15 Å². The van der Waals surface area contributed by atoms with Gasteiger partial charge in [-0.25, -0.2) is 0 Å². The van der Waals surface area contributed by atoms with E-state index in [1.54, 1.807) is 6.92 Å². The van der Waals surface area contributed by atoms with Crippen molar-refractivity contribution in [3.8, 4) is 0 Å². The zero-order valence-electron chi connectivity index (χ0n) is 17.0. The molecule has 4 rings (SSSR count). The Morgan fingerprint density at radius 1 is 1.14 bits per heavy atom. The van der Waals surface area contributed by atoms with Gasteiger partial charge in [-0.1, -0.05) is 22.6 Å². The van der Waals surface area contributed by atoms with Crippen molar-refractivity contribution in [1.29, 1.82) is 0 Å². The molecule has 8 nitrogen and oxygen atoms in total. The van der Waals surface area contributed by atoms with Crippen molar-refractivity contribution in [2.45, 2.75) is 74.6 Å². The van der Waals surface area contributed by atoms with Crippen LogP contribution < -0.4 is 29.6 Å². The minimum Gasteiger partial charge on any atom is -0.870 e. The van der Waals surface area contributed by atoms with E-state index in [-0.39, 0.29) is 77.7 Å². The number of carbonyl (C=O) groups excluding carboxylic acids is 2. The maximum atomic E-state index is 11.3. The Morgan fingerprint density at radius 3 is 2.32 bits per heavy atom. The van der Waals surface area contributed by atoms with Crippen molar-refractivity contribution in [1.82, 2.24) is 0 Å². The van der Waals surface area contributed by atoms with Crippen LogP contribution in [-0.2, 0) is 23.8 Å². The number of fused-ring (bicyclic) bond motifs is 3. The summed E-state index contributed by atoms with van der Waals surface area (Å²) >= 11 is 2.38. The SMILES string of the molecule is CCO.CCOC(=O)[C@@H]1CC[C@@H]2O[C@@H]2C1.O=C1O[C@@H]2C[C@H]1CC[C@H]2I.[NH2-].[Na+].[OH-]. The van der Waals surface area contributed by atoms with Crippen molar-refractivity contribution in [2.75, 3.05) is 13.2 Å². The van der Waals surface area contributed by atoms with Crippen LogP contribution in [0.15, 0.2) is 0 Å². The second-order valence-electron chi connectivity index (χ2n) is 6.79. The van der Waals surface area contributed by atoms with E-state index in [2.05, 4.69) is 22.6 Å². The number of halogens is 1. The Kier molecular flexibility index (Phi) is 16.8. The van der Waals surface area contributed by atoms with Crippen LogP contribution in [0.5, 0.6) is 0 Å². The molecular formula is C18H32INNaO7-. The van der Waals surface area contributed by atoms with Gasteiger partial charge in [-0.3, -0.25) is 9.59 Å². The van der Waals surface area contributed by atoms with Gasteiger partial charge in [0.15, 0.2) is 0 Å². The second-order valence-corrected chi connectivity index (χ2v) is 8.39. The zero-order valence-corrected chi connectivity index (χ0v) is 21.2. The summed E-state index contributed by atoms with van der Waals surface area (Å²) in [5.74, 6) is 0.361. The number of rotatable bonds is 2. The Labute approximate surface area is 203 Å². The van der Waals surface area contributed by atoms with Gasteiger partial charge in [0, 0.05) is 10.5 Å². The fourth-order valence-electron chi connectivity index (χ4n) is 3.55. The normalized spacial score (nSPS) is 33.4. The van der Waals surface area contributed by atoms with Gasteiger partial charge >= 0.3 is 41.5 Å². The number of nitrogens with two attached hydrogens (primary N) is 1. The molecule has 0 aromatic heterocycles. The summed E-state index contributed by atoms with van der Waals surface area (Å²) in [5.41, 5.74) is 0. The van der Waals surface area contributed by atoms with Crippen molar-refractivity contribution in [3.05, 3.63) is 6.15 Å². The van der Waals surface area contributed by atoms with Gasteiger partial charge in [0.2, 0.25) is 0 Å². The molecule has 0 aromatic rings. The van der Waals surface area contributed by atoms with Gasteiger partial charge in [0.1, 0.15) is 6.10 Å². The molecule has 4 N–H and O–H groups in total. The van der Waals surface area contributed by atoms with Crippen LogP contribution in [0.3, 0.4) is 0 Å². The molecule has 0 spiro atoms. The monoisotopic (exact) mass is 524 g/mol. The third-order valence-electron chi connectivity index (χ3n) is 4.94. The Balaban J connectivity index is 0. The van der Waals surface area contributed by atoms with Gasteiger partial charge < -0.3 is 30.9 Å². The minimum absolute atomic E-state index is 0. The van der Waals surface area contributed by atoms with E-state index in [1.807, 2.05) is 6.92 Å². The molecule has 2 saturated carbocycles. The number of epoxide rings is 1. The predicted molar refractivity (Wildman–Crippen MR) is 108 cm³/mol. The number of aliphatic hydroxyl groups excluding tert-OH is 1. The van der Waals surface area contributed by atoms with Crippen molar-refractivity contribution < 1.29 is 63.9 Å². The number of ether oxygens (including phenoxy) is 3. The number of hydrogen-bond donors (Lipinski definition) is 1. The summed E-state index contributed by atoms with van der Waals surface area (Å²) in [5, 5.41) is 7.57.